The van der Waals surface area contributed by atoms with Gasteiger partial charge in [-0.1, -0.05) is 11.6 Å². The van der Waals surface area contributed by atoms with Crippen molar-refractivity contribution in [3.8, 4) is 0 Å². The summed E-state index contributed by atoms with van der Waals surface area (Å²) in [6.45, 7) is 0.667. The van der Waals surface area contributed by atoms with Crippen LogP contribution in [0.2, 0.25) is 5.02 Å². The Kier molecular flexibility index (Phi) is 3.58. The fraction of sp³-hybridized carbons (Fsp3) is 0.300. The van der Waals surface area contributed by atoms with Crippen molar-refractivity contribution in [2.45, 2.75) is 10.9 Å². The number of carboxylic acids is 1. The van der Waals surface area contributed by atoms with Gasteiger partial charge in [-0.15, -0.1) is 0 Å². The number of hydrogen-bond donors (Lipinski definition) is 2. The molecular weight excluding hydrogens is 282 g/mol. The summed E-state index contributed by atoms with van der Waals surface area (Å²) in [5, 5.41) is 8.67. The number of carboxylic acid groups (broad SMARTS) is 1. The van der Waals surface area contributed by atoms with Crippen molar-refractivity contribution < 1.29 is 23.1 Å². The van der Waals surface area contributed by atoms with Crippen LogP contribution < -0.4 is 4.72 Å². The van der Waals surface area contributed by atoms with E-state index in [4.69, 9.17) is 21.4 Å². The van der Waals surface area contributed by atoms with E-state index in [9.17, 15) is 13.2 Å². The van der Waals surface area contributed by atoms with Crippen molar-refractivity contribution >= 4 is 27.6 Å². The second-order valence-electron chi connectivity index (χ2n) is 3.80. The van der Waals surface area contributed by atoms with Crippen LogP contribution in [-0.2, 0) is 14.8 Å². The van der Waals surface area contributed by atoms with E-state index >= 15 is 0 Å². The molecule has 0 amide bonds. The summed E-state index contributed by atoms with van der Waals surface area (Å²) in [7, 11) is -3.69. The van der Waals surface area contributed by atoms with Crippen LogP contribution in [0.5, 0.6) is 0 Å². The van der Waals surface area contributed by atoms with Crippen LogP contribution >= 0.6 is 11.6 Å². The number of aromatic carboxylic acids is 1. The molecule has 0 aliphatic carbocycles. The summed E-state index contributed by atoms with van der Waals surface area (Å²) in [6, 6.07) is 3.24. The molecular formula is C10H10ClNO5S. The van der Waals surface area contributed by atoms with E-state index in [0.717, 1.165) is 12.1 Å². The summed E-state index contributed by atoms with van der Waals surface area (Å²) in [5.74, 6) is -1.20. The molecule has 1 aromatic carbocycles. The number of carbonyl (C=O) groups is 1. The molecule has 2 rings (SSSR count). The highest BCUT2D eigenvalue weighted by atomic mass is 35.5. The lowest BCUT2D eigenvalue weighted by Gasteiger charge is -2.26. The van der Waals surface area contributed by atoms with Gasteiger partial charge < -0.3 is 9.84 Å². The first-order valence-corrected chi connectivity index (χ1v) is 6.89. The van der Waals surface area contributed by atoms with E-state index in [1.54, 1.807) is 0 Å². The lowest BCUT2D eigenvalue weighted by molar-refractivity contribution is 0.00482. The van der Waals surface area contributed by atoms with Gasteiger partial charge in [0, 0.05) is 0 Å². The standard InChI is InChI=1S/C10H10ClNO5S/c11-9-3-7(1-2-8(9)10(13)14)18(15,16)12-6-4-17-5-6/h1-3,6,12H,4-5H2,(H,13,14). The monoisotopic (exact) mass is 291 g/mol. The van der Waals surface area contributed by atoms with E-state index in [1.165, 1.54) is 6.07 Å². The minimum absolute atomic E-state index is 0.0654. The Balaban J connectivity index is 2.27. The summed E-state index contributed by atoms with van der Waals surface area (Å²) in [5.41, 5.74) is -0.136. The van der Waals surface area contributed by atoms with Crippen LogP contribution in [0.3, 0.4) is 0 Å². The van der Waals surface area contributed by atoms with Crippen molar-refractivity contribution in [1.29, 1.82) is 0 Å². The molecule has 1 heterocycles. The predicted molar refractivity (Wildman–Crippen MR) is 63.3 cm³/mol. The van der Waals surface area contributed by atoms with Crippen LogP contribution in [0, 0.1) is 0 Å². The molecule has 1 fully saturated rings. The molecule has 2 N–H and O–H groups in total. The largest absolute Gasteiger partial charge is 0.478 e. The Morgan fingerprint density at radius 3 is 2.56 bits per heavy atom. The number of sulfonamides is 1. The Morgan fingerprint density at radius 1 is 1.44 bits per heavy atom. The van der Waals surface area contributed by atoms with Crippen LogP contribution in [0.1, 0.15) is 10.4 Å². The average molecular weight is 292 g/mol. The SMILES string of the molecule is O=C(O)c1ccc(S(=O)(=O)NC2COC2)cc1Cl. The maximum atomic E-state index is 11.9. The second-order valence-corrected chi connectivity index (χ2v) is 5.92. The van der Waals surface area contributed by atoms with Crippen LogP contribution in [0.15, 0.2) is 23.1 Å². The lowest BCUT2D eigenvalue weighted by Crippen LogP contribution is -2.48. The van der Waals surface area contributed by atoms with Crippen molar-refractivity contribution in [2.24, 2.45) is 0 Å². The molecule has 1 aliphatic rings. The van der Waals surface area contributed by atoms with Crippen molar-refractivity contribution in [3.05, 3.63) is 28.8 Å². The Morgan fingerprint density at radius 2 is 2.11 bits per heavy atom. The zero-order valence-corrected chi connectivity index (χ0v) is 10.7. The highest BCUT2D eigenvalue weighted by Crippen LogP contribution is 2.21. The molecule has 0 aromatic heterocycles. The Labute approximate surface area is 109 Å². The smallest absolute Gasteiger partial charge is 0.337 e. The normalized spacial score (nSPS) is 16.3. The Hall–Kier alpha value is -1.15. The number of benzene rings is 1. The van der Waals surface area contributed by atoms with Gasteiger partial charge in [-0.05, 0) is 18.2 Å². The van der Waals surface area contributed by atoms with Gasteiger partial charge in [0.15, 0.2) is 0 Å². The van der Waals surface area contributed by atoms with Crippen LogP contribution in [-0.4, -0.2) is 38.7 Å². The minimum atomic E-state index is -3.69. The van der Waals surface area contributed by atoms with E-state index in [1.807, 2.05) is 0 Å². The molecule has 98 valence electrons. The third kappa shape index (κ3) is 2.64. The van der Waals surface area contributed by atoms with E-state index in [-0.39, 0.29) is 21.5 Å². The lowest BCUT2D eigenvalue weighted by atomic mass is 10.2. The van der Waals surface area contributed by atoms with E-state index < -0.39 is 16.0 Å². The number of rotatable bonds is 4. The molecule has 1 aliphatic heterocycles. The van der Waals surface area contributed by atoms with Crippen LogP contribution in [0.4, 0.5) is 0 Å². The van der Waals surface area contributed by atoms with Gasteiger partial charge in [0.25, 0.3) is 0 Å². The molecule has 0 saturated carbocycles. The first-order chi connectivity index (χ1) is 8.40. The topological polar surface area (TPSA) is 92.7 Å². The summed E-state index contributed by atoms with van der Waals surface area (Å²) in [6.07, 6.45) is 0. The summed E-state index contributed by atoms with van der Waals surface area (Å²) >= 11 is 5.72. The molecule has 0 bridgehead atoms. The third-order valence-corrected chi connectivity index (χ3v) is 4.27. The predicted octanol–water partition coefficient (Wildman–Crippen LogP) is 0.715. The molecule has 8 heteroatoms. The zero-order valence-electron chi connectivity index (χ0n) is 9.09. The molecule has 0 spiro atoms. The van der Waals surface area contributed by atoms with Crippen LogP contribution in [0.25, 0.3) is 0 Å². The fourth-order valence-corrected chi connectivity index (χ4v) is 2.98. The maximum Gasteiger partial charge on any atom is 0.337 e. The molecule has 0 unspecified atom stereocenters. The number of nitrogens with one attached hydrogen (secondary N) is 1. The first kappa shape index (κ1) is 13.3. The molecule has 18 heavy (non-hydrogen) atoms. The molecule has 0 radical (unpaired) electrons. The van der Waals surface area contributed by atoms with E-state index in [0.29, 0.717) is 13.2 Å². The van der Waals surface area contributed by atoms with Gasteiger partial charge in [-0.3, -0.25) is 0 Å². The number of ether oxygens (including phenoxy) is 1. The van der Waals surface area contributed by atoms with Gasteiger partial charge in [-0.2, -0.15) is 0 Å². The van der Waals surface area contributed by atoms with E-state index in [2.05, 4.69) is 4.72 Å². The first-order valence-electron chi connectivity index (χ1n) is 5.03. The molecule has 1 saturated heterocycles. The fourth-order valence-electron chi connectivity index (χ4n) is 1.43. The zero-order chi connectivity index (χ0) is 13.3. The van der Waals surface area contributed by atoms with Gasteiger partial charge in [0.2, 0.25) is 10.0 Å². The van der Waals surface area contributed by atoms with Crippen molar-refractivity contribution in [3.63, 3.8) is 0 Å². The maximum absolute atomic E-state index is 11.9. The Bertz CT molecular complexity index is 582. The van der Waals surface area contributed by atoms with Gasteiger partial charge in [0.05, 0.1) is 34.7 Å². The van der Waals surface area contributed by atoms with Gasteiger partial charge in [-0.25, -0.2) is 17.9 Å². The highest BCUT2D eigenvalue weighted by molar-refractivity contribution is 7.89. The van der Waals surface area contributed by atoms with Gasteiger partial charge in [0.1, 0.15) is 0 Å². The minimum Gasteiger partial charge on any atom is -0.478 e. The second kappa shape index (κ2) is 4.85. The molecule has 0 atom stereocenters. The third-order valence-electron chi connectivity index (χ3n) is 2.44. The van der Waals surface area contributed by atoms with Crippen molar-refractivity contribution in [1.82, 2.24) is 4.72 Å². The van der Waals surface area contributed by atoms with Crippen molar-refractivity contribution in [2.75, 3.05) is 13.2 Å². The average Bonchev–Trinajstić information content (AvgIpc) is 2.23. The quantitative estimate of drug-likeness (QED) is 0.852. The highest BCUT2D eigenvalue weighted by Gasteiger charge is 2.26. The number of hydrogen-bond acceptors (Lipinski definition) is 4. The summed E-state index contributed by atoms with van der Waals surface area (Å²) in [4.78, 5) is 10.7. The summed E-state index contributed by atoms with van der Waals surface area (Å²) < 4.78 is 31.1. The molecule has 1 aromatic rings. The molecule has 6 nitrogen and oxygen atoms in total. The van der Waals surface area contributed by atoms with Gasteiger partial charge >= 0.3 is 5.97 Å². The number of halogens is 1.